The van der Waals surface area contributed by atoms with Crippen LogP contribution in [0.4, 0.5) is 0 Å². The van der Waals surface area contributed by atoms with E-state index in [4.69, 9.17) is 40.8 Å². The van der Waals surface area contributed by atoms with Gasteiger partial charge in [0.1, 0.15) is 0 Å². The number of aromatic nitrogens is 4. The maximum absolute atomic E-state index is 7.21. The van der Waals surface area contributed by atoms with Crippen LogP contribution in [0.25, 0.3) is 251 Å². The molecule has 0 saturated carbocycles. The van der Waals surface area contributed by atoms with Gasteiger partial charge in [0.2, 0.25) is 0 Å². The third kappa shape index (κ3) is 13.9. The van der Waals surface area contributed by atoms with Crippen LogP contribution < -0.4 is 5.46 Å². The average molecular weight is 1750 g/mol. The van der Waals surface area contributed by atoms with E-state index in [1.54, 1.807) is 0 Å². The number of nitrogens with zero attached hydrogens (tertiary/aromatic N) is 4. The Labute approximate surface area is 787 Å². The number of benzene rings is 22. The molecule has 0 spiro atoms. The van der Waals surface area contributed by atoms with Crippen molar-refractivity contribution < 1.29 is 9.31 Å². The Bertz CT molecular complexity index is 9360. The maximum Gasteiger partial charge on any atom is 0.494 e. The minimum absolute atomic E-state index is 0. The molecular weight excluding hydrogens is 1660 g/mol. The van der Waals surface area contributed by atoms with E-state index in [2.05, 4.69) is 452 Å². The van der Waals surface area contributed by atoms with Crippen LogP contribution in [-0.4, -0.2) is 38.3 Å². The first-order chi connectivity index (χ1) is 65.8. The topological polar surface area (TPSA) is 70.0 Å². The highest BCUT2D eigenvalue weighted by Crippen LogP contribution is 2.49. The van der Waals surface area contributed by atoms with Gasteiger partial charge in [-0.1, -0.05) is 395 Å². The van der Waals surface area contributed by atoms with Crippen molar-refractivity contribution in [3.63, 3.8) is 0 Å². The summed E-state index contributed by atoms with van der Waals surface area (Å²) in [5.41, 5.74) is 19.5. The lowest BCUT2D eigenvalue weighted by molar-refractivity contribution is 0.00578. The molecule has 0 bridgehead atoms. The van der Waals surface area contributed by atoms with Crippen LogP contribution in [0.1, 0.15) is 35.1 Å². The average Bonchev–Trinajstić information content (AvgIpc) is 1.27. The number of halogens is 1. The molecule has 135 heavy (non-hydrogen) atoms. The van der Waals surface area contributed by atoms with Gasteiger partial charge in [-0.05, 0) is 235 Å². The minimum atomic E-state index is -0.352. The molecule has 0 aliphatic carbocycles. The quantitative estimate of drug-likeness (QED) is 0.112. The monoisotopic (exact) mass is 1750 g/mol. The van der Waals surface area contributed by atoms with Crippen molar-refractivity contribution in [2.45, 2.75) is 46.3 Å². The van der Waals surface area contributed by atoms with Gasteiger partial charge in [0, 0.05) is 65.3 Å². The van der Waals surface area contributed by atoms with Gasteiger partial charge in [-0.2, -0.15) is 0 Å². The summed E-state index contributed by atoms with van der Waals surface area (Å²) in [4.78, 5) is 21.3. The number of pyridine rings is 4. The summed E-state index contributed by atoms with van der Waals surface area (Å²) < 4.78 is 12.4. The van der Waals surface area contributed by atoms with Crippen LogP contribution in [-0.2, 0) is 9.31 Å². The molecule has 0 radical (unpaired) electrons. The van der Waals surface area contributed by atoms with Crippen molar-refractivity contribution >= 4 is 197 Å². The first-order valence-electron chi connectivity index (χ1n) is 46.0. The van der Waals surface area contributed by atoms with Crippen molar-refractivity contribution in [1.82, 2.24) is 19.9 Å². The molecule has 0 N–H and O–H groups in total. The van der Waals surface area contributed by atoms with E-state index in [0.717, 1.165) is 122 Å². The summed E-state index contributed by atoms with van der Waals surface area (Å²) >= 11 is 7.21. The highest BCUT2D eigenvalue weighted by atomic mass is 35.5. The number of hydrogen-bond donors (Lipinski definition) is 0. The van der Waals surface area contributed by atoms with Crippen LogP contribution >= 0.6 is 11.6 Å². The summed E-state index contributed by atoms with van der Waals surface area (Å²) in [6.45, 7) is 8.30. The van der Waals surface area contributed by atoms with Crippen molar-refractivity contribution in [2.75, 3.05) is 0 Å². The van der Waals surface area contributed by atoms with Crippen LogP contribution in [0.5, 0.6) is 0 Å². The molecule has 27 rings (SSSR count). The predicted molar refractivity (Wildman–Crippen MR) is 576 cm³/mol. The summed E-state index contributed by atoms with van der Waals surface area (Å²) in [6.07, 6.45) is 0. The third-order valence-electron chi connectivity index (χ3n) is 28.2. The number of fused-ring (bicyclic) bond motifs is 24. The summed E-state index contributed by atoms with van der Waals surface area (Å²) in [6, 6.07) is 156. The lowest BCUT2D eigenvalue weighted by Crippen LogP contribution is -2.41. The fraction of sp³-hybridized carbons (Fsp3) is 0.0551. The minimum Gasteiger partial charge on any atom is -0.399 e. The van der Waals surface area contributed by atoms with E-state index in [9.17, 15) is 0 Å². The molecule has 26 aromatic rings. The van der Waals surface area contributed by atoms with E-state index in [0.29, 0.717) is 5.02 Å². The Morgan fingerprint density at radius 1 is 0.207 bits per heavy atom. The van der Waals surface area contributed by atoms with E-state index in [-0.39, 0.29) is 25.7 Å². The molecule has 6 nitrogen and oxygen atoms in total. The molecule has 1 saturated heterocycles. The molecule has 5 heterocycles. The fourth-order valence-electron chi connectivity index (χ4n) is 20.9. The van der Waals surface area contributed by atoms with Gasteiger partial charge in [0.05, 0.1) is 61.1 Å². The molecule has 4 aromatic heterocycles. The van der Waals surface area contributed by atoms with E-state index >= 15 is 0 Å². The SMILES string of the molecule is C.CC1(C)OB(c2ccc(-c3nc4ccccc4c4ccccc34)cc2)OC1(C)C.Clc1cc(-c2cc3ccccc3c3ccccc23)nc2c1cc(-c1cc3ccccc3c3ccccc13)c1ccccc12.c1ccc2c(c1)cc(-c1cc(-c3ccc(-c4nc5ccccc5c5ccccc45)cc3)c3cc(-c4cc5ccccc5c5ccccc45)c4ccccc4c3n1)c1ccccc12. The van der Waals surface area contributed by atoms with Gasteiger partial charge in [0.25, 0.3) is 0 Å². The highest BCUT2D eigenvalue weighted by molar-refractivity contribution is 6.62. The molecular formula is C127H88BClN4O2. The maximum atomic E-state index is 7.21. The fourth-order valence-corrected chi connectivity index (χ4v) is 21.2. The molecule has 1 aliphatic heterocycles. The largest absolute Gasteiger partial charge is 0.494 e. The zero-order valence-corrected chi connectivity index (χ0v) is 74.9. The molecule has 1 aliphatic rings. The van der Waals surface area contributed by atoms with Crippen molar-refractivity contribution in [3.8, 4) is 78.4 Å². The molecule has 1 fully saturated rings. The summed E-state index contributed by atoms with van der Waals surface area (Å²) in [5.74, 6) is 0. The standard InChI is InChI=1S/C60H36N2.C41H24ClN.C25H24BNO2.CH4/c1-3-17-41-39(15-1)33-53(45-21-7-5-19-43(41)45)54-35-56-52(37-29-31-38(32-30-37)59-50-26-11-9-23-47(50)49-25-13-14-28-57(49)61-59)36-58(62-60(56)51-27-12-10-24-48(51)54)55-34-40-16-2-4-18-42(40)44-20-6-8-22-46(44)55;42-39-24-40(37-22-26-12-2-4-14-28(26)30-16-6-8-18-32(30)37)43-41-34-20-10-9-19-33(34)36(23-38(39)41)35-21-25-11-1-3-13-27(25)29-15-5-7-17-31(29)35;1-24(2)25(3,4)29-26(28-24)18-15-13-17(14-16-18)23-21-11-6-5-9-19(21)20-10-7-8-12-22(20)27-23;/h1-36H;1-24H;5-16H,1-4H3;1H4. The molecule has 8 heteroatoms. The Morgan fingerprint density at radius 3 is 0.852 bits per heavy atom. The van der Waals surface area contributed by atoms with Crippen molar-refractivity contribution in [1.29, 1.82) is 0 Å². The van der Waals surface area contributed by atoms with Crippen LogP contribution in [0.2, 0.25) is 5.02 Å². The zero-order chi connectivity index (χ0) is 89.4. The second kappa shape index (κ2) is 33.0. The van der Waals surface area contributed by atoms with Gasteiger partial charge < -0.3 is 9.31 Å². The molecule has 638 valence electrons. The number of hydrogen-bond acceptors (Lipinski definition) is 6. The second-order valence-corrected chi connectivity index (χ2v) is 36.8. The number of rotatable bonds is 8. The van der Waals surface area contributed by atoms with E-state index in [1.807, 2.05) is 12.1 Å². The van der Waals surface area contributed by atoms with Gasteiger partial charge in [-0.15, -0.1) is 0 Å². The lowest BCUT2D eigenvalue weighted by Gasteiger charge is -2.32. The van der Waals surface area contributed by atoms with Crippen LogP contribution in [0.3, 0.4) is 0 Å². The Hall–Kier alpha value is -16.1. The summed E-state index contributed by atoms with van der Waals surface area (Å²) in [5, 5.41) is 34.1. The first-order valence-corrected chi connectivity index (χ1v) is 46.4. The van der Waals surface area contributed by atoms with Gasteiger partial charge >= 0.3 is 7.12 Å². The van der Waals surface area contributed by atoms with Crippen LogP contribution in [0.15, 0.2) is 437 Å². The lowest BCUT2D eigenvalue weighted by atomic mass is 9.78. The van der Waals surface area contributed by atoms with Gasteiger partial charge in [0.15, 0.2) is 0 Å². The van der Waals surface area contributed by atoms with Gasteiger partial charge in [-0.25, -0.2) is 19.9 Å². The Balaban J connectivity index is 0.000000119. The van der Waals surface area contributed by atoms with E-state index < -0.39 is 0 Å². The van der Waals surface area contributed by atoms with Crippen molar-refractivity contribution in [2.24, 2.45) is 0 Å². The van der Waals surface area contributed by atoms with Crippen LogP contribution in [0, 0.1) is 0 Å². The Kier molecular flexibility index (Phi) is 20.1. The van der Waals surface area contributed by atoms with Crippen molar-refractivity contribution in [3.05, 3.63) is 442 Å². The number of para-hydroxylation sites is 2. The van der Waals surface area contributed by atoms with E-state index in [1.165, 1.54) is 135 Å². The molecule has 0 unspecified atom stereocenters. The van der Waals surface area contributed by atoms with Gasteiger partial charge in [-0.3, -0.25) is 0 Å². The zero-order valence-electron chi connectivity index (χ0n) is 74.1. The molecule has 0 atom stereocenters. The highest BCUT2D eigenvalue weighted by Gasteiger charge is 2.51. The second-order valence-electron chi connectivity index (χ2n) is 36.4. The first kappa shape index (κ1) is 82.1. The third-order valence-corrected chi connectivity index (χ3v) is 28.5. The Morgan fingerprint density at radius 2 is 0.467 bits per heavy atom. The predicted octanol–water partition coefficient (Wildman–Crippen LogP) is 34.3. The molecule has 22 aromatic carbocycles. The molecule has 0 amide bonds. The smallest absolute Gasteiger partial charge is 0.399 e. The normalized spacial score (nSPS) is 13.1. The summed E-state index contributed by atoms with van der Waals surface area (Å²) in [7, 11) is -0.352.